The Hall–Kier alpha value is -2.96. The van der Waals surface area contributed by atoms with Crippen molar-refractivity contribution < 1.29 is 23.5 Å². The lowest BCUT2D eigenvalue weighted by atomic mass is 10.2. The van der Waals surface area contributed by atoms with Gasteiger partial charge in [-0.2, -0.15) is 0 Å². The third-order valence-corrected chi connectivity index (χ3v) is 4.61. The molecule has 1 aromatic heterocycles. The molecule has 0 aliphatic carbocycles. The van der Waals surface area contributed by atoms with Crippen LogP contribution in [0.3, 0.4) is 0 Å². The van der Waals surface area contributed by atoms with Crippen LogP contribution in [0.25, 0.3) is 0 Å². The molecule has 7 heteroatoms. The number of ether oxygens (including phenoxy) is 2. The fourth-order valence-corrected chi connectivity index (χ4v) is 3.18. The minimum Gasteiger partial charge on any atom is -0.485 e. The fourth-order valence-electron chi connectivity index (χ4n) is 3.18. The highest BCUT2D eigenvalue weighted by Crippen LogP contribution is 2.31. The summed E-state index contributed by atoms with van der Waals surface area (Å²) >= 11 is 0. The van der Waals surface area contributed by atoms with Crippen molar-refractivity contribution in [2.75, 3.05) is 32.8 Å². The van der Waals surface area contributed by atoms with Crippen molar-refractivity contribution in [3.8, 4) is 11.5 Å². The van der Waals surface area contributed by atoms with E-state index < -0.39 is 6.10 Å². The molecule has 1 aromatic carbocycles. The third-order valence-electron chi connectivity index (χ3n) is 4.61. The zero-order valence-electron chi connectivity index (χ0n) is 14.5. The predicted molar refractivity (Wildman–Crippen MR) is 92.3 cm³/mol. The Morgan fingerprint density at radius 1 is 0.962 bits per heavy atom. The Morgan fingerprint density at radius 2 is 1.65 bits per heavy atom. The molecule has 26 heavy (non-hydrogen) atoms. The van der Waals surface area contributed by atoms with E-state index in [4.69, 9.17) is 13.9 Å². The summed E-state index contributed by atoms with van der Waals surface area (Å²) in [7, 11) is 0. The van der Waals surface area contributed by atoms with Gasteiger partial charge >= 0.3 is 0 Å². The number of hydrogen-bond donors (Lipinski definition) is 0. The number of carbonyl (C=O) groups excluding carboxylic acids is 2. The van der Waals surface area contributed by atoms with Crippen molar-refractivity contribution in [3.05, 3.63) is 47.9 Å². The maximum absolute atomic E-state index is 12.7. The Bertz CT molecular complexity index is 823. The summed E-state index contributed by atoms with van der Waals surface area (Å²) in [6, 6.07) is 10.8. The number of hydrogen-bond acceptors (Lipinski definition) is 5. The van der Waals surface area contributed by atoms with E-state index in [1.807, 2.05) is 18.2 Å². The van der Waals surface area contributed by atoms with Gasteiger partial charge < -0.3 is 23.7 Å². The molecule has 3 heterocycles. The second-order valence-corrected chi connectivity index (χ2v) is 6.39. The summed E-state index contributed by atoms with van der Waals surface area (Å²) in [5.41, 5.74) is 0. The lowest BCUT2D eigenvalue weighted by Crippen LogP contribution is -2.55. The Morgan fingerprint density at radius 3 is 2.35 bits per heavy atom. The molecule has 4 rings (SSSR count). The maximum atomic E-state index is 12.7. The molecular weight excluding hydrogens is 336 g/mol. The molecule has 0 unspecified atom stereocenters. The zero-order valence-corrected chi connectivity index (χ0v) is 14.5. The maximum Gasteiger partial charge on any atom is 0.289 e. The number of carbonyl (C=O) groups is 2. The Kier molecular flexibility index (Phi) is 4.28. The van der Waals surface area contributed by atoms with Crippen LogP contribution in [0, 0.1) is 6.92 Å². The number of amides is 2. The first-order valence-corrected chi connectivity index (χ1v) is 8.65. The highest BCUT2D eigenvalue weighted by Gasteiger charge is 2.33. The third kappa shape index (κ3) is 3.12. The lowest BCUT2D eigenvalue weighted by Gasteiger charge is -2.36. The molecule has 2 aromatic rings. The van der Waals surface area contributed by atoms with Gasteiger partial charge in [-0.25, -0.2) is 0 Å². The molecule has 0 saturated carbocycles. The van der Waals surface area contributed by atoms with Crippen LogP contribution < -0.4 is 9.47 Å². The van der Waals surface area contributed by atoms with Crippen LogP contribution in [-0.4, -0.2) is 60.5 Å². The molecule has 136 valence electrons. The smallest absolute Gasteiger partial charge is 0.289 e. The molecule has 2 aliphatic rings. The normalized spacial score (nSPS) is 19.3. The van der Waals surface area contributed by atoms with Gasteiger partial charge in [0.1, 0.15) is 12.4 Å². The van der Waals surface area contributed by atoms with Gasteiger partial charge in [0, 0.05) is 26.2 Å². The number of nitrogens with zero attached hydrogens (tertiary/aromatic N) is 2. The lowest BCUT2D eigenvalue weighted by molar-refractivity contribution is -0.142. The van der Waals surface area contributed by atoms with E-state index in [1.165, 1.54) is 0 Å². The topological polar surface area (TPSA) is 72.2 Å². The van der Waals surface area contributed by atoms with Crippen LogP contribution in [-0.2, 0) is 4.79 Å². The van der Waals surface area contributed by atoms with Crippen LogP contribution >= 0.6 is 0 Å². The fraction of sp³-hybridized carbons (Fsp3) is 0.368. The summed E-state index contributed by atoms with van der Waals surface area (Å²) in [6.45, 7) is 3.86. The molecule has 1 fully saturated rings. The van der Waals surface area contributed by atoms with Gasteiger partial charge in [0.25, 0.3) is 11.8 Å². The minimum absolute atomic E-state index is 0.111. The summed E-state index contributed by atoms with van der Waals surface area (Å²) in [5.74, 6) is 2.02. The number of benzene rings is 1. The molecule has 0 N–H and O–H groups in total. The van der Waals surface area contributed by atoms with E-state index in [1.54, 1.807) is 34.9 Å². The van der Waals surface area contributed by atoms with E-state index in [-0.39, 0.29) is 18.4 Å². The van der Waals surface area contributed by atoms with Gasteiger partial charge in [-0.1, -0.05) is 12.1 Å². The van der Waals surface area contributed by atoms with Gasteiger partial charge in [-0.15, -0.1) is 0 Å². The van der Waals surface area contributed by atoms with Crippen LogP contribution in [0.5, 0.6) is 11.5 Å². The van der Waals surface area contributed by atoms with E-state index in [9.17, 15) is 9.59 Å². The molecule has 2 aliphatic heterocycles. The van der Waals surface area contributed by atoms with Crippen molar-refractivity contribution in [3.63, 3.8) is 0 Å². The zero-order chi connectivity index (χ0) is 18.1. The molecular formula is C19H20N2O5. The monoisotopic (exact) mass is 356 g/mol. The first kappa shape index (κ1) is 16.5. The molecule has 1 saturated heterocycles. The highest BCUT2D eigenvalue weighted by atomic mass is 16.6. The molecule has 0 spiro atoms. The Balaban J connectivity index is 1.35. The average Bonchev–Trinajstić information content (AvgIpc) is 3.13. The van der Waals surface area contributed by atoms with Gasteiger partial charge in [-0.05, 0) is 31.2 Å². The number of para-hydroxylation sites is 2. The van der Waals surface area contributed by atoms with Crippen molar-refractivity contribution in [2.45, 2.75) is 13.0 Å². The largest absolute Gasteiger partial charge is 0.485 e. The number of rotatable bonds is 2. The van der Waals surface area contributed by atoms with Crippen LogP contribution in [0.1, 0.15) is 16.3 Å². The number of aryl methyl sites for hydroxylation is 1. The molecule has 0 bridgehead atoms. The summed E-state index contributed by atoms with van der Waals surface area (Å²) in [5, 5.41) is 0. The van der Waals surface area contributed by atoms with Crippen molar-refractivity contribution in [2.24, 2.45) is 0 Å². The van der Waals surface area contributed by atoms with Crippen LogP contribution in [0.15, 0.2) is 40.8 Å². The van der Waals surface area contributed by atoms with Crippen LogP contribution in [0.2, 0.25) is 0 Å². The second kappa shape index (κ2) is 6.74. The van der Waals surface area contributed by atoms with Gasteiger partial charge in [-0.3, -0.25) is 9.59 Å². The summed E-state index contributed by atoms with van der Waals surface area (Å²) in [6.07, 6.45) is -0.653. The quantitative estimate of drug-likeness (QED) is 0.819. The number of fused-ring (bicyclic) bond motifs is 1. The number of piperazine rings is 1. The van der Waals surface area contributed by atoms with E-state index in [2.05, 4.69) is 0 Å². The Labute approximate surface area is 151 Å². The SMILES string of the molecule is Cc1ccc(C(=O)N2CCN(C(=O)[C@H]3COc4ccccc4O3)CC2)o1. The van der Waals surface area contributed by atoms with E-state index in [0.29, 0.717) is 49.2 Å². The highest BCUT2D eigenvalue weighted by molar-refractivity contribution is 5.92. The van der Waals surface area contributed by atoms with Crippen molar-refractivity contribution >= 4 is 11.8 Å². The van der Waals surface area contributed by atoms with Crippen molar-refractivity contribution in [1.29, 1.82) is 0 Å². The molecule has 7 nitrogen and oxygen atoms in total. The second-order valence-electron chi connectivity index (χ2n) is 6.39. The van der Waals surface area contributed by atoms with Crippen molar-refractivity contribution in [1.82, 2.24) is 9.80 Å². The molecule has 2 amide bonds. The van der Waals surface area contributed by atoms with E-state index in [0.717, 1.165) is 0 Å². The van der Waals surface area contributed by atoms with Gasteiger partial charge in [0.05, 0.1) is 0 Å². The first-order valence-electron chi connectivity index (χ1n) is 8.65. The van der Waals surface area contributed by atoms with Gasteiger partial charge in [0.2, 0.25) is 6.10 Å². The number of furan rings is 1. The summed E-state index contributed by atoms with van der Waals surface area (Å²) < 4.78 is 16.8. The molecule has 0 radical (unpaired) electrons. The van der Waals surface area contributed by atoms with Gasteiger partial charge in [0.15, 0.2) is 17.3 Å². The average molecular weight is 356 g/mol. The van der Waals surface area contributed by atoms with Crippen LogP contribution in [0.4, 0.5) is 0 Å². The molecule has 1 atom stereocenters. The minimum atomic E-state index is -0.653. The van der Waals surface area contributed by atoms with E-state index >= 15 is 0 Å². The summed E-state index contributed by atoms with van der Waals surface area (Å²) in [4.78, 5) is 28.5. The standard InChI is InChI=1S/C19H20N2O5/c1-13-6-7-16(25-13)18(22)20-8-10-21(11-9-20)19(23)17-12-24-14-4-2-3-5-15(14)26-17/h2-7,17H,8-12H2,1H3/t17-/m1/s1. The first-order chi connectivity index (χ1) is 12.6. The predicted octanol–water partition coefficient (Wildman–Crippen LogP) is 1.71.